The third kappa shape index (κ3) is 10.9. The van der Waals surface area contributed by atoms with E-state index in [1.807, 2.05) is 69.3 Å². The van der Waals surface area contributed by atoms with Crippen LogP contribution >= 0.6 is 24.0 Å². The topological polar surface area (TPSA) is 84.0 Å². The molecule has 3 N–H and O–H groups in total. The van der Waals surface area contributed by atoms with Crippen molar-refractivity contribution >= 4 is 47.2 Å². The van der Waals surface area contributed by atoms with Gasteiger partial charge in [-0.1, -0.05) is 32.0 Å². The van der Waals surface area contributed by atoms with Crippen LogP contribution in [0.15, 0.2) is 53.5 Å². The summed E-state index contributed by atoms with van der Waals surface area (Å²) in [4.78, 5) is 16.9. The monoisotopic (exact) mass is 568 g/mol. The number of methoxy groups -OCH3 is 1. The van der Waals surface area contributed by atoms with E-state index in [2.05, 4.69) is 16.0 Å². The highest BCUT2D eigenvalue weighted by molar-refractivity contribution is 14.0. The van der Waals surface area contributed by atoms with E-state index in [1.165, 1.54) is 0 Å². The van der Waals surface area contributed by atoms with Crippen LogP contribution in [0.2, 0.25) is 0 Å². The van der Waals surface area contributed by atoms with Gasteiger partial charge >= 0.3 is 0 Å². The van der Waals surface area contributed by atoms with Crippen LogP contribution in [0, 0.1) is 5.92 Å². The fraction of sp³-hybridized carbons (Fsp3) is 0.440. The van der Waals surface area contributed by atoms with Gasteiger partial charge in [0.25, 0.3) is 0 Å². The van der Waals surface area contributed by atoms with E-state index < -0.39 is 0 Å². The average Bonchev–Trinajstić information content (AvgIpc) is 2.80. The molecule has 0 aliphatic heterocycles. The number of nitrogens with zero attached hydrogens (tertiary/aromatic N) is 1. The zero-order valence-electron chi connectivity index (χ0n) is 20.0. The number of benzene rings is 2. The molecule has 1 atom stereocenters. The van der Waals surface area contributed by atoms with Crippen LogP contribution in [-0.2, 0) is 16.1 Å². The molecule has 0 aliphatic rings. The Balaban J connectivity index is 0.00000544. The summed E-state index contributed by atoms with van der Waals surface area (Å²) in [5.41, 5.74) is 2.70. The SMILES string of the molecule is CCNC(=NCc1cccc(NC(=O)C(C)CC)c1)Nc1cccc(OCCCOC)c1.I. The van der Waals surface area contributed by atoms with Gasteiger partial charge in [-0.05, 0) is 43.2 Å². The second-order valence-corrected chi connectivity index (χ2v) is 7.54. The van der Waals surface area contributed by atoms with Crippen LogP contribution in [0.4, 0.5) is 11.4 Å². The fourth-order valence-corrected chi connectivity index (χ4v) is 2.87. The first-order valence-electron chi connectivity index (χ1n) is 11.2. The number of aliphatic imine (C=N–C) groups is 1. The standard InChI is InChI=1S/C25H36N4O3.HI/c1-5-19(3)24(30)28-21-11-7-10-20(16-21)18-27-25(26-6-2)29-22-12-8-13-23(17-22)32-15-9-14-31-4;/h7-8,10-13,16-17,19H,5-6,9,14-15,18H2,1-4H3,(H,28,30)(H2,26,27,29);1H. The summed E-state index contributed by atoms with van der Waals surface area (Å²) in [7, 11) is 1.69. The highest BCUT2D eigenvalue weighted by Gasteiger charge is 2.10. The van der Waals surface area contributed by atoms with Crippen LogP contribution in [0.1, 0.15) is 39.2 Å². The molecule has 2 rings (SSSR count). The fourth-order valence-electron chi connectivity index (χ4n) is 2.87. The minimum atomic E-state index is -0.0130. The molecule has 0 saturated carbocycles. The molecule has 0 fully saturated rings. The van der Waals surface area contributed by atoms with Gasteiger partial charge in [-0.3, -0.25) is 4.79 Å². The normalized spacial score (nSPS) is 11.8. The summed E-state index contributed by atoms with van der Waals surface area (Å²) in [5.74, 6) is 1.50. The third-order valence-electron chi connectivity index (χ3n) is 4.88. The summed E-state index contributed by atoms with van der Waals surface area (Å²) >= 11 is 0. The molecule has 0 saturated heterocycles. The van der Waals surface area contributed by atoms with Crippen molar-refractivity contribution in [3.63, 3.8) is 0 Å². The van der Waals surface area contributed by atoms with Crippen LogP contribution in [0.3, 0.4) is 0 Å². The number of carbonyl (C=O) groups is 1. The average molecular weight is 569 g/mol. The summed E-state index contributed by atoms with van der Waals surface area (Å²) in [5, 5.41) is 9.56. The van der Waals surface area contributed by atoms with E-state index in [-0.39, 0.29) is 35.8 Å². The number of rotatable bonds is 12. The van der Waals surface area contributed by atoms with Gasteiger partial charge in [0.05, 0.1) is 13.2 Å². The summed E-state index contributed by atoms with van der Waals surface area (Å²) in [6.07, 6.45) is 1.65. The lowest BCUT2D eigenvalue weighted by molar-refractivity contribution is -0.119. The molecule has 0 heterocycles. The first kappa shape index (κ1) is 28.7. The maximum absolute atomic E-state index is 12.2. The van der Waals surface area contributed by atoms with E-state index in [0.29, 0.717) is 25.7 Å². The van der Waals surface area contributed by atoms with E-state index in [4.69, 9.17) is 14.5 Å². The molecule has 2 aromatic carbocycles. The van der Waals surface area contributed by atoms with Crippen LogP contribution in [-0.4, -0.2) is 38.7 Å². The third-order valence-corrected chi connectivity index (χ3v) is 4.88. The van der Waals surface area contributed by atoms with Crippen molar-refractivity contribution in [2.24, 2.45) is 10.9 Å². The van der Waals surface area contributed by atoms with Crippen molar-refractivity contribution in [2.75, 3.05) is 37.5 Å². The highest BCUT2D eigenvalue weighted by Crippen LogP contribution is 2.18. The number of nitrogens with one attached hydrogen (secondary N) is 3. The molecule has 0 bridgehead atoms. The number of guanidine groups is 1. The Morgan fingerprint density at radius 1 is 1.03 bits per heavy atom. The Morgan fingerprint density at radius 2 is 1.76 bits per heavy atom. The summed E-state index contributed by atoms with van der Waals surface area (Å²) in [6, 6.07) is 15.6. The minimum Gasteiger partial charge on any atom is -0.493 e. The van der Waals surface area contributed by atoms with Gasteiger partial charge in [-0.25, -0.2) is 4.99 Å². The number of amides is 1. The molecule has 0 spiro atoms. The molecular weight excluding hydrogens is 531 g/mol. The molecule has 1 amide bonds. The first-order valence-corrected chi connectivity index (χ1v) is 11.2. The van der Waals surface area contributed by atoms with Crippen molar-refractivity contribution in [3.8, 4) is 5.75 Å². The maximum atomic E-state index is 12.2. The predicted octanol–water partition coefficient (Wildman–Crippen LogP) is 5.28. The van der Waals surface area contributed by atoms with Gasteiger partial charge in [0.15, 0.2) is 5.96 Å². The van der Waals surface area contributed by atoms with Crippen molar-refractivity contribution in [1.82, 2.24) is 5.32 Å². The lowest BCUT2D eigenvalue weighted by atomic mass is 10.1. The lowest BCUT2D eigenvalue weighted by Crippen LogP contribution is -2.30. The number of hydrogen-bond acceptors (Lipinski definition) is 4. The molecular formula is C25H37IN4O3. The van der Waals surface area contributed by atoms with E-state index >= 15 is 0 Å². The number of hydrogen-bond donors (Lipinski definition) is 3. The minimum absolute atomic E-state index is 0. The maximum Gasteiger partial charge on any atom is 0.227 e. The van der Waals surface area contributed by atoms with Gasteiger partial charge in [0, 0.05) is 50.0 Å². The number of carbonyl (C=O) groups excluding carboxylic acids is 1. The molecule has 2 aromatic rings. The number of ether oxygens (including phenoxy) is 2. The van der Waals surface area contributed by atoms with Crippen molar-refractivity contribution < 1.29 is 14.3 Å². The van der Waals surface area contributed by atoms with Gasteiger partial charge in [-0.15, -0.1) is 24.0 Å². The molecule has 8 heteroatoms. The van der Waals surface area contributed by atoms with E-state index in [1.54, 1.807) is 7.11 Å². The first-order chi connectivity index (χ1) is 15.5. The van der Waals surface area contributed by atoms with E-state index in [0.717, 1.165) is 42.1 Å². The van der Waals surface area contributed by atoms with Crippen LogP contribution in [0.25, 0.3) is 0 Å². The number of anilines is 2. The van der Waals surface area contributed by atoms with Crippen molar-refractivity contribution in [1.29, 1.82) is 0 Å². The Labute approximate surface area is 214 Å². The highest BCUT2D eigenvalue weighted by atomic mass is 127. The van der Waals surface area contributed by atoms with Crippen molar-refractivity contribution in [2.45, 2.75) is 40.2 Å². The Morgan fingerprint density at radius 3 is 2.45 bits per heavy atom. The van der Waals surface area contributed by atoms with E-state index in [9.17, 15) is 4.79 Å². The summed E-state index contributed by atoms with van der Waals surface area (Å²) < 4.78 is 10.8. The van der Waals surface area contributed by atoms with Gasteiger partial charge in [-0.2, -0.15) is 0 Å². The predicted molar refractivity (Wildman–Crippen MR) is 147 cm³/mol. The van der Waals surface area contributed by atoms with Gasteiger partial charge in [0.2, 0.25) is 5.91 Å². The molecule has 0 radical (unpaired) electrons. The Bertz CT molecular complexity index is 876. The zero-order valence-corrected chi connectivity index (χ0v) is 22.3. The molecule has 0 aliphatic carbocycles. The largest absolute Gasteiger partial charge is 0.493 e. The Hall–Kier alpha value is -2.33. The lowest BCUT2D eigenvalue weighted by Gasteiger charge is -2.13. The smallest absolute Gasteiger partial charge is 0.227 e. The zero-order chi connectivity index (χ0) is 23.2. The second-order valence-electron chi connectivity index (χ2n) is 7.54. The number of halogens is 1. The molecule has 1 unspecified atom stereocenters. The molecule has 182 valence electrons. The van der Waals surface area contributed by atoms with Crippen molar-refractivity contribution in [3.05, 3.63) is 54.1 Å². The van der Waals surface area contributed by atoms with Crippen LogP contribution < -0.4 is 20.7 Å². The Kier molecular flexibility index (Phi) is 14.2. The molecule has 0 aromatic heterocycles. The van der Waals surface area contributed by atoms with Gasteiger partial charge < -0.3 is 25.4 Å². The second kappa shape index (κ2) is 16.3. The molecule has 33 heavy (non-hydrogen) atoms. The quantitative estimate of drug-likeness (QED) is 0.141. The molecule has 7 nitrogen and oxygen atoms in total. The van der Waals surface area contributed by atoms with Crippen LogP contribution in [0.5, 0.6) is 5.75 Å². The van der Waals surface area contributed by atoms with Gasteiger partial charge in [0.1, 0.15) is 5.75 Å². The summed E-state index contributed by atoms with van der Waals surface area (Å²) in [6.45, 7) is 8.47.